The molecule has 2 nitrogen and oxygen atoms in total. The van der Waals surface area contributed by atoms with Crippen LogP contribution < -0.4 is 0 Å². The molecule has 3 rings (SSSR count). The van der Waals surface area contributed by atoms with Crippen LogP contribution in [0.25, 0.3) is 0 Å². The van der Waals surface area contributed by atoms with E-state index < -0.39 is 0 Å². The molecule has 0 aromatic heterocycles. The van der Waals surface area contributed by atoms with Crippen LogP contribution in [-0.4, -0.2) is 23.4 Å². The monoisotopic (exact) mass is 254 g/mol. The first-order chi connectivity index (χ1) is 9.26. The second kappa shape index (κ2) is 4.80. The number of rotatable bonds is 2. The van der Waals surface area contributed by atoms with Crippen molar-refractivity contribution in [3.63, 3.8) is 0 Å². The van der Waals surface area contributed by atoms with Crippen molar-refractivity contribution in [3.8, 4) is 0 Å². The van der Waals surface area contributed by atoms with Gasteiger partial charge in [0.25, 0.3) is 0 Å². The molecule has 19 heavy (non-hydrogen) atoms. The zero-order chi connectivity index (χ0) is 13.4. The first kappa shape index (κ1) is 12.4. The molecule has 2 aromatic rings. The molecule has 2 atom stereocenters. The molecule has 0 unspecified atom stereocenters. The van der Waals surface area contributed by atoms with E-state index in [4.69, 9.17) is 0 Å². The normalized spacial score (nSPS) is 20.8. The zero-order valence-electron chi connectivity index (χ0n) is 11.0. The second-order valence-corrected chi connectivity index (χ2v) is 5.23. The van der Waals surface area contributed by atoms with Gasteiger partial charge in [0.1, 0.15) is 0 Å². The van der Waals surface area contributed by atoms with Gasteiger partial charge in [0.05, 0.1) is 13.2 Å². The quantitative estimate of drug-likeness (QED) is 0.864. The SMILES string of the molecule is Cc1ccc2c(c1)[C@H](CO)c1ccccc1[C@H]2CO. The van der Waals surface area contributed by atoms with Crippen LogP contribution in [0.2, 0.25) is 0 Å². The van der Waals surface area contributed by atoms with E-state index in [-0.39, 0.29) is 25.0 Å². The molecule has 0 spiro atoms. The van der Waals surface area contributed by atoms with Gasteiger partial charge in [0, 0.05) is 11.8 Å². The average Bonchev–Trinajstić information content (AvgIpc) is 2.44. The fourth-order valence-electron chi connectivity index (χ4n) is 3.19. The summed E-state index contributed by atoms with van der Waals surface area (Å²) in [5, 5.41) is 19.5. The lowest BCUT2D eigenvalue weighted by Crippen LogP contribution is -2.22. The van der Waals surface area contributed by atoms with Crippen LogP contribution in [-0.2, 0) is 0 Å². The molecule has 1 aliphatic rings. The summed E-state index contributed by atoms with van der Waals surface area (Å²) in [6.45, 7) is 2.26. The van der Waals surface area contributed by atoms with Crippen LogP contribution in [0.3, 0.4) is 0 Å². The van der Waals surface area contributed by atoms with Crippen LogP contribution >= 0.6 is 0 Å². The Morgan fingerprint density at radius 1 is 0.789 bits per heavy atom. The summed E-state index contributed by atoms with van der Waals surface area (Å²) in [5.41, 5.74) is 5.77. The van der Waals surface area contributed by atoms with Crippen molar-refractivity contribution in [2.75, 3.05) is 13.2 Å². The molecule has 98 valence electrons. The molecule has 0 saturated carbocycles. The third-order valence-electron chi connectivity index (χ3n) is 4.11. The van der Waals surface area contributed by atoms with Gasteiger partial charge in [0.2, 0.25) is 0 Å². The summed E-state index contributed by atoms with van der Waals surface area (Å²) >= 11 is 0. The minimum Gasteiger partial charge on any atom is -0.395 e. The second-order valence-electron chi connectivity index (χ2n) is 5.23. The number of benzene rings is 2. The zero-order valence-corrected chi connectivity index (χ0v) is 11.0. The third kappa shape index (κ3) is 1.88. The average molecular weight is 254 g/mol. The molecule has 0 bridgehead atoms. The summed E-state index contributed by atoms with van der Waals surface area (Å²) < 4.78 is 0. The molecule has 0 amide bonds. The van der Waals surface area contributed by atoms with Crippen LogP contribution in [0.1, 0.15) is 39.7 Å². The van der Waals surface area contributed by atoms with E-state index in [0.717, 1.165) is 22.3 Å². The maximum absolute atomic E-state index is 9.77. The first-order valence-electron chi connectivity index (χ1n) is 6.67. The molecule has 0 saturated heterocycles. The molecule has 2 aromatic carbocycles. The molecule has 2 heteroatoms. The van der Waals surface area contributed by atoms with Crippen molar-refractivity contribution in [2.24, 2.45) is 0 Å². The van der Waals surface area contributed by atoms with Gasteiger partial charge in [-0.25, -0.2) is 0 Å². The number of hydrogen-bond acceptors (Lipinski definition) is 2. The van der Waals surface area contributed by atoms with Crippen molar-refractivity contribution >= 4 is 0 Å². The van der Waals surface area contributed by atoms with E-state index in [1.54, 1.807) is 0 Å². The summed E-state index contributed by atoms with van der Waals surface area (Å²) in [6.07, 6.45) is 0. The Morgan fingerprint density at radius 3 is 1.89 bits per heavy atom. The summed E-state index contributed by atoms with van der Waals surface area (Å²) in [7, 11) is 0. The van der Waals surface area contributed by atoms with Crippen molar-refractivity contribution in [1.29, 1.82) is 0 Å². The molecule has 0 heterocycles. The van der Waals surface area contributed by atoms with Crippen molar-refractivity contribution in [2.45, 2.75) is 18.8 Å². The van der Waals surface area contributed by atoms with E-state index in [2.05, 4.69) is 37.3 Å². The molecule has 2 N–H and O–H groups in total. The largest absolute Gasteiger partial charge is 0.395 e. The lowest BCUT2D eigenvalue weighted by molar-refractivity contribution is 0.262. The minimum atomic E-state index is 0.0221. The molecule has 0 fully saturated rings. The third-order valence-corrected chi connectivity index (χ3v) is 4.11. The predicted molar refractivity (Wildman–Crippen MR) is 75.5 cm³/mol. The van der Waals surface area contributed by atoms with Gasteiger partial charge in [-0.15, -0.1) is 0 Å². The summed E-state index contributed by atoms with van der Waals surface area (Å²) in [6, 6.07) is 14.4. The molecule has 0 radical (unpaired) electrons. The van der Waals surface area contributed by atoms with Gasteiger partial charge in [-0.05, 0) is 29.2 Å². The fourth-order valence-corrected chi connectivity index (χ4v) is 3.19. The summed E-state index contributed by atoms with van der Waals surface area (Å²) in [5.74, 6) is 0.0449. The van der Waals surface area contributed by atoms with Gasteiger partial charge in [-0.2, -0.15) is 0 Å². The summed E-state index contributed by atoms with van der Waals surface area (Å²) in [4.78, 5) is 0. The lowest BCUT2D eigenvalue weighted by Gasteiger charge is -2.32. The smallest absolute Gasteiger partial charge is 0.0540 e. The molecule has 0 aliphatic heterocycles. The van der Waals surface area contributed by atoms with E-state index in [0.29, 0.717) is 0 Å². The fraction of sp³-hybridized carbons (Fsp3) is 0.294. The Hall–Kier alpha value is -1.64. The van der Waals surface area contributed by atoms with Crippen LogP contribution in [0.4, 0.5) is 0 Å². The first-order valence-corrected chi connectivity index (χ1v) is 6.67. The van der Waals surface area contributed by atoms with Crippen molar-refractivity contribution in [3.05, 3.63) is 70.3 Å². The highest BCUT2D eigenvalue weighted by Crippen LogP contribution is 2.42. The van der Waals surface area contributed by atoms with Crippen LogP contribution in [0.5, 0.6) is 0 Å². The maximum Gasteiger partial charge on any atom is 0.0540 e. The van der Waals surface area contributed by atoms with Gasteiger partial charge < -0.3 is 10.2 Å². The van der Waals surface area contributed by atoms with Crippen molar-refractivity contribution < 1.29 is 10.2 Å². The number of aliphatic hydroxyl groups excluding tert-OH is 2. The highest BCUT2D eigenvalue weighted by molar-refractivity contribution is 5.53. The van der Waals surface area contributed by atoms with Crippen LogP contribution in [0.15, 0.2) is 42.5 Å². The minimum absolute atomic E-state index is 0.0221. The standard InChI is InChI=1S/C17H18O2/c1-11-6-7-14-15(8-11)17(10-19)13-5-3-2-4-12(13)16(14)9-18/h2-8,16-19H,9-10H2,1H3/t16-,17-/m1/s1. The Labute approximate surface area is 113 Å². The van der Waals surface area contributed by atoms with E-state index in [1.807, 2.05) is 12.1 Å². The van der Waals surface area contributed by atoms with E-state index >= 15 is 0 Å². The molecule has 1 aliphatic carbocycles. The maximum atomic E-state index is 9.77. The van der Waals surface area contributed by atoms with E-state index in [1.165, 1.54) is 5.56 Å². The van der Waals surface area contributed by atoms with Crippen molar-refractivity contribution in [1.82, 2.24) is 0 Å². The number of aliphatic hydroxyl groups is 2. The number of hydrogen-bond donors (Lipinski definition) is 2. The molecular weight excluding hydrogens is 236 g/mol. The number of aryl methyl sites for hydroxylation is 1. The lowest BCUT2D eigenvalue weighted by atomic mass is 9.72. The Kier molecular flexibility index (Phi) is 3.13. The van der Waals surface area contributed by atoms with Gasteiger partial charge in [-0.1, -0.05) is 48.0 Å². The Balaban J connectivity index is 2.26. The highest BCUT2D eigenvalue weighted by atomic mass is 16.3. The molecular formula is C17H18O2. The van der Waals surface area contributed by atoms with Crippen LogP contribution in [0, 0.1) is 6.92 Å². The van der Waals surface area contributed by atoms with Gasteiger partial charge in [-0.3, -0.25) is 0 Å². The van der Waals surface area contributed by atoms with E-state index in [9.17, 15) is 10.2 Å². The predicted octanol–water partition coefficient (Wildman–Crippen LogP) is 2.56. The topological polar surface area (TPSA) is 40.5 Å². The highest BCUT2D eigenvalue weighted by Gasteiger charge is 2.31. The number of fused-ring (bicyclic) bond motifs is 2. The Morgan fingerprint density at radius 2 is 1.32 bits per heavy atom. The van der Waals surface area contributed by atoms with Gasteiger partial charge >= 0.3 is 0 Å². The van der Waals surface area contributed by atoms with Gasteiger partial charge in [0.15, 0.2) is 0 Å². The Bertz CT molecular complexity index is 604.